The number of benzene rings is 1. The summed E-state index contributed by atoms with van der Waals surface area (Å²) in [5, 5.41) is 22.9. The molecule has 0 unspecified atom stereocenters. The van der Waals surface area contributed by atoms with Crippen LogP contribution in [0.2, 0.25) is 0 Å². The highest BCUT2D eigenvalue weighted by atomic mass is 16.6. The topological polar surface area (TPSA) is 88.2 Å². The van der Waals surface area contributed by atoms with Gasteiger partial charge < -0.3 is 10.1 Å². The van der Waals surface area contributed by atoms with Crippen molar-refractivity contribution in [2.45, 2.75) is 32.8 Å². The van der Waals surface area contributed by atoms with Gasteiger partial charge in [0.25, 0.3) is 0 Å². The predicted molar refractivity (Wildman–Crippen MR) is 76.6 cm³/mol. The molecule has 1 N–H and O–H groups in total. The molecule has 0 atom stereocenters. The lowest BCUT2D eigenvalue weighted by Gasteiger charge is -2.09. The first-order valence-electron chi connectivity index (χ1n) is 6.59. The van der Waals surface area contributed by atoms with Gasteiger partial charge in [-0.05, 0) is 38.8 Å². The van der Waals surface area contributed by atoms with Crippen LogP contribution in [-0.2, 0) is 4.74 Å². The molecule has 0 aliphatic heterocycles. The minimum absolute atomic E-state index is 0.0724. The second kappa shape index (κ2) is 8.12. The van der Waals surface area contributed by atoms with Crippen molar-refractivity contribution in [1.82, 2.24) is 0 Å². The summed E-state index contributed by atoms with van der Waals surface area (Å²) in [5.74, 6) is 0. The maximum Gasteiger partial charge on any atom is 0.309 e. The number of para-hydroxylation sites is 1. The van der Waals surface area contributed by atoms with Crippen molar-refractivity contribution in [3.05, 3.63) is 33.9 Å². The largest absolute Gasteiger partial charge is 0.379 e. The number of hydrogen-bond donors (Lipinski definition) is 1. The van der Waals surface area contributed by atoms with Crippen LogP contribution in [0, 0.1) is 21.4 Å². The molecule has 0 spiro atoms. The number of nitrogens with one attached hydrogen (secondary N) is 1. The summed E-state index contributed by atoms with van der Waals surface area (Å²) in [6.45, 7) is 5.25. The number of rotatable bonds is 8. The van der Waals surface area contributed by atoms with Crippen molar-refractivity contribution in [3.63, 3.8) is 0 Å². The van der Waals surface area contributed by atoms with Gasteiger partial charge in [-0.3, -0.25) is 10.1 Å². The number of unbranched alkanes of at least 4 members (excludes halogenated alkanes) is 1. The van der Waals surface area contributed by atoms with Crippen LogP contribution in [0.25, 0.3) is 0 Å². The highest BCUT2D eigenvalue weighted by Crippen LogP contribution is 2.27. The molecule has 0 aliphatic rings. The third-order valence-electron chi connectivity index (χ3n) is 2.68. The van der Waals surface area contributed by atoms with Crippen LogP contribution in [0.5, 0.6) is 0 Å². The van der Waals surface area contributed by atoms with E-state index < -0.39 is 4.92 Å². The Morgan fingerprint density at radius 3 is 2.80 bits per heavy atom. The Hall–Kier alpha value is -2.13. The van der Waals surface area contributed by atoms with Gasteiger partial charge in [0.2, 0.25) is 0 Å². The van der Waals surface area contributed by atoms with Gasteiger partial charge in [0.05, 0.1) is 11.0 Å². The molecule has 1 aromatic rings. The normalized spacial score (nSPS) is 10.3. The molecule has 0 saturated heterocycles. The summed E-state index contributed by atoms with van der Waals surface area (Å²) < 4.78 is 5.41. The summed E-state index contributed by atoms with van der Waals surface area (Å²) >= 11 is 0. The molecule has 0 heterocycles. The Kier molecular flexibility index (Phi) is 6.47. The number of nitro benzene ring substituents is 1. The van der Waals surface area contributed by atoms with E-state index in [-0.39, 0.29) is 17.4 Å². The second-order valence-electron chi connectivity index (χ2n) is 4.62. The number of nitrogens with zero attached hydrogens (tertiary/aromatic N) is 2. The monoisotopic (exact) mass is 277 g/mol. The first-order valence-corrected chi connectivity index (χ1v) is 6.59. The predicted octanol–water partition coefficient (Wildman–Crippen LogP) is 3.08. The second-order valence-corrected chi connectivity index (χ2v) is 4.62. The highest BCUT2D eigenvalue weighted by molar-refractivity contribution is 5.68. The fourth-order valence-electron chi connectivity index (χ4n) is 1.74. The summed E-state index contributed by atoms with van der Waals surface area (Å²) in [5.41, 5.74) is 0.301. The van der Waals surface area contributed by atoms with Crippen molar-refractivity contribution < 1.29 is 9.66 Å². The Balaban J connectivity index is 2.52. The number of nitriles is 1. The van der Waals surface area contributed by atoms with E-state index in [9.17, 15) is 10.1 Å². The lowest BCUT2D eigenvalue weighted by atomic mass is 10.1. The van der Waals surface area contributed by atoms with E-state index in [0.717, 1.165) is 12.8 Å². The van der Waals surface area contributed by atoms with Crippen LogP contribution in [0.1, 0.15) is 32.3 Å². The zero-order valence-corrected chi connectivity index (χ0v) is 11.8. The average molecular weight is 277 g/mol. The number of nitro groups is 1. The molecule has 6 heteroatoms. The molecule has 0 aliphatic carbocycles. The molecule has 0 aromatic heterocycles. The third-order valence-corrected chi connectivity index (χ3v) is 2.68. The summed E-state index contributed by atoms with van der Waals surface area (Å²) in [7, 11) is 0. The molecule has 0 fully saturated rings. The molecule has 0 radical (unpaired) electrons. The SMILES string of the molecule is CC(C)OCCCCNc1cccc(C#N)c1[N+](=O)[O-]. The van der Waals surface area contributed by atoms with Gasteiger partial charge in [-0.2, -0.15) is 5.26 Å². The standard InChI is InChI=1S/C14H19N3O3/c1-11(2)20-9-4-3-8-16-13-7-5-6-12(10-15)14(13)17(18)19/h5-7,11,16H,3-4,8-9H2,1-2H3. The van der Waals surface area contributed by atoms with Gasteiger partial charge in [-0.1, -0.05) is 6.07 Å². The quantitative estimate of drug-likeness (QED) is 0.448. The van der Waals surface area contributed by atoms with Crippen molar-refractivity contribution in [2.24, 2.45) is 0 Å². The number of hydrogen-bond acceptors (Lipinski definition) is 5. The Morgan fingerprint density at radius 2 is 2.20 bits per heavy atom. The fraction of sp³-hybridized carbons (Fsp3) is 0.500. The van der Waals surface area contributed by atoms with E-state index in [1.54, 1.807) is 12.1 Å². The van der Waals surface area contributed by atoms with E-state index in [1.807, 2.05) is 19.9 Å². The van der Waals surface area contributed by atoms with Crippen molar-refractivity contribution >= 4 is 11.4 Å². The lowest BCUT2D eigenvalue weighted by molar-refractivity contribution is -0.384. The van der Waals surface area contributed by atoms with Crippen LogP contribution in [0.4, 0.5) is 11.4 Å². The van der Waals surface area contributed by atoms with Gasteiger partial charge >= 0.3 is 5.69 Å². The van der Waals surface area contributed by atoms with Crippen LogP contribution >= 0.6 is 0 Å². The minimum Gasteiger partial charge on any atom is -0.379 e. The van der Waals surface area contributed by atoms with E-state index in [0.29, 0.717) is 18.8 Å². The molecular formula is C14H19N3O3. The third kappa shape index (κ3) is 4.86. The van der Waals surface area contributed by atoms with Gasteiger partial charge in [0.1, 0.15) is 17.3 Å². The van der Waals surface area contributed by atoms with Gasteiger partial charge in [0.15, 0.2) is 0 Å². The molecule has 1 aromatic carbocycles. The molecule has 20 heavy (non-hydrogen) atoms. The molecular weight excluding hydrogens is 258 g/mol. The van der Waals surface area contributed by atoms with Crippen molar-refractivity contribution in [1.29, 1.82) is 5.26 Å². The van der Waals surface area contributed by atoms with E-state index in [4.69, 9.17) is 10.00 Å². The zero-order chi connectivity index (χ0) is 15.0. The zero-order valence-electron chi connectivity index (χ0n) is 11.8. The van der Waals surface area contributed by atoms with Gasteiger partial charge in [0, 0.05) is 13.2 Å². The Labute approximate surface area is 118 Å². The Morgan fingerprint density at radius 1 is 1.45 bits per heavy atom. The molecule has 0 saturated carbocycles. The van der Waals surface area contributed by atoms with E-state index >= 15 is 0 Å². The number of ether oxygens (including phenoxy) is 1. The summed E-state index contributed by atoms with van der Waals surface area (Å²) in [6, 6.07) is 6.53. The minimum atomic E-state index is -0.525. The maximum atomic E-state index is 11.0. The van der Waals surface area contributed by atoms with Crippen molar-refractivity contribution in [3.8, 4) is 6.07 Å². The first-order chi connectivity index (χ1) is 9.56. The molecule has 108 valence electrons. The van der Waals surface area contributed by atoms with Gasteiger partial charge in [-0.15, -0.1) is 0 Å². The van der Waals surface area contributed by atoms with Crippen LogP contribution in [0.3, 0.4) is 0 Å². The molecule has 6 nitrogen and oxygen atoms in total. The van der Waals surface area contributed by atoms with Crippen molar-refractivity contribution in [2.75, 3.05) is 18.5 Å². The smallest absolute Gasteiger partial charge is 0.309 e. The highest BCUT2D eigenvalue weighted by Gasteiger charge is 2.18. The molecule has 0 bridgehead atoms. The average Bonchev–Trinajstić information content (AvgIpc) is 2.41. The molecule has 1 rings (SSSR count). The lowest BCUT2D eigenvalue weighted by Crippen LogP contribution is -2.08. The summed E-state index contributed by atoms with van der Waals surface area (Å²) in [6.07, 6.45) is 1.95. The van der Waals surface area contributed by atoms with Crippen LogP contribution in [-0.4, -0.2) is 24.2 Å². The van der Waals surface area contributed by atoms with Crippen LogP contribution < -0.4 is 5.32 Å². The summed E-state index contributed by atoms with van der Waals surface area (Å²) in [4.78, 5) is 10.5. The van der Waals surface area contributed by atoms with E-state index in [2.05, 4.69) is 5.32 Å². The fourth-order valence-corrected chi connectivity index (χ4v) is 1.74. The van der Waals surface area contributed by atoms with Crippen LogP contribution in [0.15, 0.2) is 18.2 Å². The molecule has 0 amide bonds. The van der Waals surface area contributed by atoms with Gasteiger partial charge in [-0.25, -0.2) is 0 Å². The Bertz CT molecular complexity index is 495. The first kappa shape index (κ1) is 15.9. The number of anilines is 1. The maximum absolute atomic E-state index is 11.0. The van der Waals surface area contributed by atoms with E-state index in [1.165, 1.54) is 6.07 Å².